The van der Waals surface area contributed by atoms with Gasteiger partial charge in [-0.15, -0.1) is 0 Å². The van der Waals surface area contributed by atoms with Gasteiger partial charge in [-0.2, -0.15) is 0 Å². The zero-order valence-corrected chi connectivity index (χ0v) is 16.5. The van der Waals surface area contributed by atoms with Gasteiger partial charge >= 0.3 is 0 Å². The number of fused-ring (bicyclic) bond motifs is 1. The van der Waals surface area contributed by atoms with E-state index >= 15 is 0 Å². The molecule has 4 N–H and O–H groups in total. The first-order valence-electron chi connectivity index (χ1n) is 8.60. The number of anilines is 3. The molecule has 0 bridgehead atoms. The van der Waals surface area contributed by atoms with Crippen molar-refractivity contribution < 1.29 is 18.7 Å². The molecule has 29 heavy (non-hydrogen) atoms. The van der Waals surface area contributed by atoms with Crippen LogP contribution in [0.4, 0.5) is 21.6 Å². The molecule has 0 atom stereocenters. The highest BCUT2D eigenvalue weighted by atomic mass is 35.5. The third kappa shape index (κ3) is 4.75. The van der Waals surface area contributed by atoms with Crippen LogP contribution in [0, 0.1) is 5.82 Å². The second-order valence-corrected chi connectivity index (χ2v) is 6.46. The number of hydrogen-bond acceptors (Lipinski definition) is 7. The van der Waals surface area contributed by atoms with Crippen molar-refractivity contribution in [1.29, 1.82) is 0 Å². The van der Waals surface area contributed by atoms with Gasteiger partial charge in [0.05, 0.1) is 35.6 Å². The van der Waals surface area contributed by atoms with E-state index in [2.05, 4.69) is 20.6 Å². The molecule has 0 aliphatic carbocycles. The molecular formula is C19H19ClFN5O3. The van der Waals surface area contributed by atoms with Crippen molar-refractivity contribution in [2.45, 2.75) is 6.92 Å². The van der Waals surface area contributed by atoms with E-state index in [1.54, 1.807) is 12.1 Å². The highest BCUT2D eigenvalue weighted by Crippen LogP contribution is 2.34. The summed E-state index contributed by atoms with van der Waals surface area (Å²) in [4.78, 5) is 19.3. The molecule has 3 aromatic rings. The molecule has 8 nitrogen and oxygen atoms in total. The zero-order chi connectivity index (χ0) is 21.0. The summed E-state index contributed by atoms with van der Waals surface area (Å²) in [5.41, 5.74) is 7.12. The van der Waals surface area contributed by atoms with Crippen molar-refractivity contribution in [2.24, 2.45) is 0 Å². The number of carbonyl (C=O) groups is 1. The minimum absolute atomic E-state index is 0.139. The summed E-state index contributed by atoms with van der Waals surface area (Å²) in [6.07, 6.45) is 1.34. The molecule has 0 fully saturated rings. The Morgan fingerprint density at radius 1 is 1.24 bits per heavy atom. The molecule has 0 unspecified atom stereocenters. The van der Waals surface area contributed by atoms with Gasteiger partial charge in [0.2, 0.25) is 5.91 Å². The molecule has 0 radical (unpaired) electrons. The van der Waals surface area contributed by atoms with Crippen LogP contribution in [0.5, 0.6) is 11.5 Å². The molecule has 0 aliphatic rings. The van der Waals surface area contributed by atoms with E-state index in [-0.39, 0.29) is 23.2 Å². The first-order chi connectivity index (χ1) is 13.9. The summed E-state index contributed by atoms with van der Waals surface area (Å²) >= 11 is 5.94. The number of methoxy groups -OCH3 is 1. The SMILES string of the molecule is COc1cc(Nc2ncnc3cc(OCCNC(C)=O)c(N)cc23)c(F)cc1Cl. The number of amides is 1. The van der Waals surface area contributed by atoms with Gasteiger partial charge in [-0.05, 0) is 12.1 Å². The molecule has 152 valence electrons. The predicted molar refractivity (Wildman–Crippen MR) is 109 cm³/mol. The topological polar surface area (TPSA) is 111 Å². The summed E-state index contributed by atoms with van der Waals surface area (Å²) in [5, 5.41) is 6.29. The number of benzene rings is 2. The fraction of sp³-hybridized carbons (Fsp3) is 0.211. The van der Waals surface area contributed by atoms with Crippen LogP contribution in [-0.2, 0) is 4.79 Å². The fourth-order valence-electron chi connectivity index (χ4n) is 2.62. The first kappa shape index (κ1) is 20.4. The Balaban J connectivity index is 1.88. The van der Waals surface area contributed by atoms with Crippen LogP contribution in [0.2, 0.25) is 5.02 Å². The minimum atomic E-state index is -0.562. The van der Waals surface area contributed by atoms with Crippen molar-refractivity contribution in [2.75, 3.05) is 31.3 Å². The third-order valence-electron chi connectivity index (χ3n) is 4.00. The summed E-state index contributed by atoms with van der Waals surface area (Å²) in [6.45, 7) is 2.03. The van der Waals surface area contributed by atoms with Crippen molar-refractivity contribution in [3.8, 4) is 11.5 Å². The Morgan fingerprint density at radius 2 is 2.03 bits per heavy atom. The molecule has 0 saturated carbocycles. The molecule has 10 heteroatoms. The Labute approximate surface area is 171 Å². The number of ether oxygens (including phenoxy) is 2. The van der Waals surface area contributed by atoms with Crippen molar-refractivity contribution >= 4 is 45.6 Å². The maximum Gasteiger partial charge on any atom is 0.216 e. The number of nitrogens with two attached hydrogens (primary N) is 1. The molecule has 0 saturated heterocycles. The van der Waals surface area contributed by atoms with Gasteiger partial charge in [0.1, 0.15) is 36.1 Å². The van der Waals surface area contributed by atoms with Gasteiger partial charge in [0.15, 0.2) is 0 Å². The quantitative estimate of drug-likeness (QED) is 0.398. The van der Waals surface area contributed by atoms with Crippen LogP contribution in [0.3, 0.4) is 0 Å². The average Bonchev–Trinajstić information content (AvgIpc) is 2.68. The van der Waals surface area contributed by atoms with Crippen molar-refractivity contribution in [1.82, 2.24) is 15.3 Å². The van der Waals surface area contributed by atoms with Gasteiger partial charge in [-0.25, -0.2) is 14.4 Å². The summed E-state index contributed by atoms with van der Waals surface area (Å²) in [5.74, 6) is 0.396. The lowest BCUT2D eigenvalue weighted by atomic mass is 10.2. The average molecular weight is 420 g/mol. The van der Waals surface area contributed by atoms with Gasteiger partial charge in [-0.3, -0.25) is 4.79 Å². The highest BCUT2D eigenvalue weighted by molar-refractivity contribution is 6.32. The maximum atomic E-state index is 14.3. The van der Waals surface area contributed by atoms with Crippen molar-refractivity contribution in [3.63, 3.8) is 0 Å². The van der Waals surface area contributed by atoms with Gasteiger partial charge in [0, 0.05) is 24.4 Å². The van der Waals surface area contributed by atoms with Gasteiger partial charge in [0.25, 0.3) is 0 Å². The van der Waals surface area contributed by atoms with E-state index in [1.807, 2.05) is 0 Å². The zero-order valence-electron chi connectivity index (χ0n) is 15.8. The number of hydrogen-bond donors (Lipinski definition) is 3. The van der Waals surface area contributed by atoms with Gasteiger partial charge in [-0.1, -0.05) is 11.6 Å². The molecule has 3 rings (SSSR count). The second kappa shape index (κ2) is 8.78. The Morgan fingerprint density at radius 3 is 2.76 bits per heavy atom. The minimum Gasteiger partial charge on any atom is -0.495 e. The molecule has 1 aromatic heterocycles. The number of rotatable bonds is 7. The standard InChI is InChI=1S/C19H19ClFN5O3/c1-10(27)23-3-4-29-18-7-15-11(5-14(18)22)19(25-9-24-15)26-16-8-17(28-2)12(20)6-13(16)21/h5-9H,3-4,22H2,1-2H3,(H,23,27)(H,24,25,26). The van der Waals surface area contributed by atoms with Crippen LogP contribution < -0.4 is 25.8 Å². The van der Waals surface area contributed by atoms with E-state index in [1.165, 1.54) is 26.4 Å². The van der Waals surface area contributed by atoms with E-state index in [0.717, 1.165) is 6.07 Å². The number of nitrogens with one attached hydrogen (secondary N) is 2. The summed E-state index contributed by atoms with van der Waals surface area (Å²) in [7, 11) is 1.44. The normalized spacial score (nSPS) is 10.6. The van der Waals surface area contributed by atoms with E-state index in [4.69, 9.17) is 26.8 Å². The summed E-state index contributed by atoms with van der Waals surface area (Å²) < 4.78 is 25.0. The third-order valence-corrected chi connectivity index (χ3v) is 4.29. The molecule has 2 aromatic carbocycles. The Hall–Kier alpha value is -3.33. The number of halogens is 2. The van der Waals surface area contributed by atoms with Gasteiger partial charge < -0.3 is 25.8 Å². The van der Waals surface area contributed by atoms with E-state index < -0.39 is 5.82 Å². The van der Waals surface area contributed by atoms with E-state index in [9.17, 15) is 9.18 Å². The molecule has 1 heterocycles. The molecular weight excluding hydrogens is 401 g/mol. The second-order valence-electron chi connectivity index (χ2n) is 6.05. The molecule has 0 spiro atoms. The number of carbonyl (C=O) groups excluding carboxylic acids is 1. The molecule has 0 aliphatic heterocycles. The fourth-order valence-corrected chi connectivity index (χ4v) is 2.85. The Kier molecular flexibility index (Phi) is 6.18. The smallest absolute Gasteiger partial charge is 0.216 e. The number of nitrogen functional groups attached to an aromatic ring is 1. The van der Waals surface area contributed by atoms with Crippen molar-refractivity contribution in [3.05, 3.63) is 41.4 Å². The summed E-state index contributed by atoms with van der Waals surface area (Å²) in [6, 6.07) is 5.89. The van der Waals surface area contributed by atoms with Crippen LogP contribution >= 0.6 is 11.6 Å². The largest absolute Gasteiger partial charge is 0.495 e. The maximum absolute atomic E-state index is 14.3. The van der Waals surface area contributed by atoms with E-state index in [0.29, 0.717) is 40.5 Å². The Bertz CT molecular complexity index is 1060. The predicted octanol–water partition coefficient (Wildman–Crippen LogP) is 3.27. The highest BCUT2D eigenvalue weighted by Gasteiger charge is 2.13. The van der Waals surface area contributed by atoms with Crippen LogP contribution in [0.1, 0.15) is 6.92 Å². The van der Waals surface area contributed by atoms with Crippen LogP contribution in [-0.4, -0.2) is 36.1 Å². The lowest BCUT2D eigenvalue weighted by Crippen LogP contribution is -2.25. The monoisotopic (exact) mass is 419 g/mol. The van der Waals surface area contributed by atoms with Crippen LogP contribution in [0.15, 0.2) is 30.6 Å². The number of aromatic nitrogens is 2. The van der Waals surface area contributed by atoms with Crippen LogP contribution in [0.25, 0.3) is 10.9 Å². The number of nitrogens with zero attached hydrogens (tertiary/aromatic N) is 2. The first-order valence-corrected chi connectivity index (χ1v) is 8.98. The molecule has 1 amide bonds. The lowest BCUT2D eigenvalue weighted by molar-refractivity contribution is -0.119. The lowest BCUT2D eigenvalue weighted by Gasteiger charge is -2.14.